The zero-order valence-electron chi connectivity index (χ0n) is 20.2. The van der Waals surface area contributed by atoms with Crippen LogP contribution in [-0.4, -0.2) is 16.9 Å². The minimum absolute atomic E-state index is 0.0132. The van der Waals surface area contributed by atoms with E-state index in [0.29, 0.717) is 12.8 Å². The second-order valence-corrected chi connectivity index (χ2v) is 12.1. The molecule has 0 aliphatic rings. The molecular formula is C26H42O3. The maximum atomic E-state index is 13.7. The van der Waals surface area contributed by atoms with Crippen molar-refractivity contribution < 1.29 is 14.7 Å². The fraction of sp³-hybridized carbons (Fsp3) is 0.692. The summed E-state index contributed by atoms with van der Waals surface area (Å²) in [5.74, 6) is -1.36. The lowest BCUT2D eigenvalue weighted by molar-refractivity contribution is -0.155. The van der Waals surface area contributed by atoms with E-state index in [1.807, 2.05) is 66.7 Å². The van der Waals surface area contributed by atoms with Gasteiger partial charge in [-0.1, -0.05) is 99.6 Å². The molecule has 2 atom stereocenters. The Kier molecular flexibility index (Phi) is 7.54. The van der Waals surface area contributed by atoms with Crippen LogP contribution in [-0.2, 0) is 9.59 Å². The Hall–Kier alpha value is -1.64. The summed E-state index contributed by atoms with van der Waals surface area (Å²) in [6.45, 7) is 20.3. The van der Waals surface area contributed by atoms with Gasteiger partial charge in [-0.3, -0.25) is 9.59 Å². The predicted octanol–water partition coefficient (Wildman–Crippen LogP) is 6.96. The Balaban J connectivity index is 3.27. The fourth-order valence-corrected chi connectivity index (χ4v) is 4.51. The van der Waals surface area contributed by atoms with Gasteiger partial charge in [0.05, 0.1) is 5.92 Å². The van der Waals surface area contributed by atoms with Gasteiger partial charge in [0.2, 0.25) is 0 Å². The third-order valence-corrected chi connectivity index (χ3v) is 6.15. The van der Waals surface area contributed by atoms with Gasteiger partial charge in [-0.25, -0.2) is 0 Å². The van der Waals surface area contributed by atoms with Crippen LogP contribution in [0.5, 0.6) is 0 Å². The molecule has 0 aromatic heterocycles. The molecule has 1 N–H and O–H groups in total. The molecule has 1 aromatic carbocycles. The van der Waals surface area contributed by atoms with E-state index < -0.39 is 22.7 Å². The number of benzene rings is 1. The fourth-order valence-electron chi connectivity index (χ4n) is 4.51. The molecule has 3 nitrogen and oxygen atoms in total. The van der Waals surface area contributed by atoms with Crippen LogP contribution in [0.1, 0.15) is 93.6 Å². The van der Waals surface area contributed by atoms with Gasteiger partial charge in [-0.2, -0.15) is 0 Å². The van der Waals surface area contributed by atoms with E-state index in [9.17, 15) is 14.7 Å². The van der Waals surface area contributed by atoms with Gasteiger partial charge in [0.25, 0.3) is 0 Å². The second kappa shape index (κ2) is 8.62. The van der Waals surface area contributed by atoms with E-state index in [4.69, 9.17) is 0 Å². The van der Waals surface area contributed by atoms with Crippen LogP contribution in [0.4, 0.5) is 0 Å². The number of carbonyl (C=O) groups is 2. The molecule has 0 amide bonds. The van der Waals surface area contributed by atoms with Crippen molar-refractivity contribution in [2.45, 2.75) is 88.0 Å². The lowest BCUT2D eigenvalue weighted by Crippen LogP contribution is -2.46. The van der Waals surface area contributed by atoms with Gasteiger partial charge in [-0.05, 0) is 35.2 Å². The van der Waals surface area contributed by atoms with Crippen molar-refractivity contribution in [3.8, 4) is 0 Å². The molecule has 1 rings (SSSR count). The monoisotopic (exact) mass is 402 g/mol. The Morgan fingerprint density at radius 1 is 0.828 bits per heavy atom. The summed E-state index contributed by atoms with van der Waals surface area (Å²) in [5.41, 5.74) is -0.531. The summed E-state index contributed by atoms with van der Waals surface area (Å²) in [6.07, 6.45) is 1.16. The standard InChI is InChI=1S/C26H42O3/c1-23(2,3)16-20(21(27)28)26(9,10)22(29)25(7,8)17-19(24(4,5)6)18-14-12-11-13-15-18/h11-15,19-20H,16-17H2,1-10H3,(H,27,28). The largest absolute Gasteiger partial charge is 0.481 e. The summed E-state index contributed by atoms with van der Waals surface area (Å²) < 4.78 is 0. The minimum atomic E-state index is -0.943. The summed E-state index contributed by atoms with van der Waals surface area (Å²) in [4.78, 5) is 25.9. The van der Waals surface area contributed by atoms with Crippen molar-refractivity contribution >= 4 is 11.8 Å². The SMILES string of the molecule is CC(C)(C)CC(C(=O)O)C(C)(C)C(=O)C(C)(C)CC(c1ccccc1)C(C)(C)C. The van der Waals surface area contributed by atoms with E-state index in [1.165, 1.54) is 5.56 Å². The van der Waals surface area contributed by atoms with Gasteiger partial charge >= 0.3 is 5.97 Å². The summed E-state index contributed by atoms with van der Waals surface area (Å²) in [6, 6.07) is 10.3. The van der Waals surface area contributed by atoms with Crippen molar-refractivity contribution in [2.75, 3.05) is 0 Å². The quantitative estimate of drug-likeness (QED) is 0.511. The molecule has 0 saturated carbocycles. The van der Waals surface area contributed by atoms with E-state index in [-0.39, 0.29) is 22.5 Å². The number of ketones is 1. The average Bonchev–Trinajstić information content (AvgIpc) is 2.55. The number of rotatable bonds is 8. The number of carboxylic acids is 1. The lowest BCUT2D eigenvalue weighted by atomic mass is 9.60. The van der Waals surface area contributed by atoms with Crippen molar-refractivity contribution in [1.82, 2.24) is 0 Å². The number of carbonyl (C=O) groups excluding carboxylic acids is 1. The summed E-state index contributed by atoms with van der Waals surface area (Å²) in [7, 11) is 0. The number of hydrogen-bond acceptors (Lipinski definition) is 2. The molecule has 0 heterocycles. The highest BCUT2D eigenvalue weighted by molar-refractivity contribution is 5.93. The molecule has 3 heteroatoms. The van der Waals surface area contributed by atoms with Gasteiger partial charge in [0, 0.05) is 10.8 Å². The zero-order valence-corrected chi connectivity index (χ0v) is 20.2. The average molecular weight is 403 g/mol. The highest BCUT2D eigenvalue weighted by Crippen LogP contribution is 2.48. The first-order valence-electron chi connectivity index (χ1n) is 10.7. The topological polar surface area (TPSA) is 54.4 Å². The molecule has 164 valence electrons. The van der Waals surface area contributed by atoms with Crippen LogP contribution in [0.25, 0.3) is 0 Å². The molecule has 0 saturated heterocycles. The third-order valence-electron chi connectivity index (χ3n) is 6.15. The van der Waals surface area contributed by atoms with Crippen LogP contribution in [0, 0.1) is 27.6 Å². The van der Waals surface area contributed by atoms with Gasteiger partial charge < -0.3 is 5.11 Å². The van der Waals surface area contributed by atoms with E-state index >= 15 is 0 Å². The molecular weight excluding hydrogens is 360 g/mol. The molecule has 1 aromatic rings. The van der Waals surface area contributed by atoms with Crippen molar-refractivity contribution in [1.29, 1.82) is 0 Å². The smallest absolute Gasteiger partial charge is 0.307 e. The summed E-state index contributed by atoms with van der Waals surface area (Å²) in [5, 5.41) is 9.92. The molecule has 0 aliphatic carbocycles. The van der Waals surface area contributed by atoms with Crippen LogP contribution < -0.4 is 0 Å². The normalized spacial score (nSPS) is 15.7. The molecule has 0 fully saturated rings. The molecule has 2 unspecified atom stereocenters. The van der Waals surface area contributed by atoms with E-state index in [2.05, 4.69) is 32.9 Å². The number of carboxylic acid groups (broad SMARTS) is 1. The van der Waals surface area contributed by atoms with Crippen molar-refractivity contribution in [2.24, 2.45) is 27.6 Å². The first-order chi connectivity index (χ1) is 12.9. The molecule has 0 radical (unpaired) electrons. The molecule has 29 heavy (non-hydrogen) atoms. The van der Waals surface area contributed by atoms with Gasteiger partial charge in [0.15, 0.2) is 0 Å². The first kappa shape index (κ1) is 25.4. The third kappa shape index (κ3) is 6.69. The van der Waals surface area contributed by atoms with Crippen molar-refractivity contribution in [3.05, 3.63) is 35.9 Å². The van der Waals surface area contributed by atoms with E-state index in [1.54, 1.807) is 0 Å². The number of aliphatic carboxylic acids is 1. The zero-order chi connectivity index (χ0) is 22.8. The highest BCUT2D eigenvalue weighted by Gasteiger charge is 2.49. The molecule has 0 bridgehead atoms. The second-order valence-electron chi connectivity index (χ2n) is 12.1. The van der Waals surface area contributed by atoms with Crippen LogP contribution in [0.15, 0.2) is 30.3 Å². The Morgan fingerprint density at radius 3 is 1.69 bits per heavy atom. The number of Topliss-reactive ketones (excluding diaryl/α,β-unsaturated/α-hetero) is 1. The predicted molar refractivity (Wildman–Crippen MR) is 121 cm³/mol. The maximum Gasteiger partial charge on any atom is 0.307 e. The summed E-state index contributed by atoms with van der Waals surface area (Å²) >= 11 is 0. The number of hydrogen-bond donors (Lipinski definition) is 1. The Morgan fingerprint density at radius 2 is 1.31 bits per heavy atom. The van der Waals surface area contributed by atoms with E-state index in [0.717, 1.165) is 0 Å². The maximum absolute atomic E-state index is 13.7. The molecule has 0 aliphatic heterocycles. The lowest BCUT2D eigenvalue weighted by Gasteiger charge is -2.42. The van der Waals surface area contributed by atoms with Gasteiger partial charge in [0.1, 0.15) is 5.78 Å². The first-order valence-corrected chi connectivity index (χ1v) is 10.7. The highest BCUT2D eigenvalue weighted by atomic mass is 16.4. The molecule has 0 spiro atoms. The Labute approximate surface area is 178 Å². The van der Waals surface area contributed by atoms with Crippen LogP contribution >= 0.6 is 0 Å². The minimum Gasteiger partial charge on any atom is -0.481 e. The van der Waals surface area contributed by atoms with Crippen molar-refractivity contribution in [3.63, 3.8) is 0 Å². The Bertz CT molecular complexity index is 700. The van der Waals surface area contributed by atoms with Crippen LogP contribution in [0.3, 0.4) is 0 Å². The van der Waals surface area contributed by atoms with Crippen LogP contribution in [0.2, 0.25) is 0 Å². The van der Waals surface area contributed by atoms with Gasteiger partial charge in [-0.15, -0.1) is 0 Å².